The molecule has 1 atom stereocenters. The summed E-state index contributed by atoms with van der Waals surface area (Å²) in [7, 11) is 2.92. The van der Waals surface area contributed by atoms with Crippen molar-refractivity contribution in [2.75, 3.05) is 45.8 Å². The number of morpholine rings is 1. The zero-order valence-electron chi connectivity index (χ0n) is 19.5. The third-order valence-electron chi connectivity index (χ3n) is 5.98. The smallest absolute Gasteiger partial charge is 0.251 e. The molecule has 0 bridgehead atoms. The largest absolute Gasteiger partial charge is 0.494 e. The number of hydrogen-bond acceptors (Lipinski definition) is 7. The summed E-state index contributed by atoms with van der Waals surface area (Å²) in [6, 6.07) is 3.09. The van der Waals surface area contributed by atoms with Crippen molar-refractivity contribution < 1.29 is 18.7 Å². The summed E-state index contributed by atoms with van der Waals surface area (Å²) < 4.78 is 25.2. The first-order valence-electron chi connectivity index (χ1n) is 11.4. The molecule has 0 spiro atoms. The Balaban J connectivity index is 1.33. The minimum absolute atomic E-state index is 0.0539. The summed E-state index contributed by atoms with van der Waals surface area (Å²) >= 11 is 0. The number of carbonyl (C=O) groups excluding carboxylic acids is 1. The van der Waals surface area contributed by atoms with Crippen molar-refractivity contribution in [2.45, 2.75) is 25.3 Å². The molecule has 2 heterocycles. The van der Waals surface area contributed by atoms with Gasteiger partial charge in [0.25, 0.3) is 5.91 Å². The SMILES string of the molecule is CNC(=O)c1cc(CCc2cnc(NC3C=CC(N4CCOCC4)=CC3)nc2)c(F)c(OC)c1. The fourth-order valence-corrected chi connectivity index (χ4v) is 4.04. The maximum atomic E-state index is 14.7. The fraction of sp³-hybridized carbons (Fsp3) is 0.400. The normalized spacial score (nSPS) is 17.8. The van der Waals surface area contributed by atoms with E-state index in [1.165, 1.54) is 25.9 Å². The van der Waals surface area contributed by atoms with E-state index in [9.17, 15) is 9.18 Å². The Labute approximate surface area is 198 Å². The van der Waals surface area contributed by atoms with E-state index in [0.717, 1.165) is 38.3 Å². The van der Waals surface area contributed by atoms with Gasteiger partial charge in [-0.05, 0) is 48.6 Å². The zero-order chi connectivity index (χ0) is 23.9. The lowest BCUT2D eigenvalue weighted by atomic mass is 10.0. The topological polar surface area (TPSA) is 88.6 Å². The van der Waals surface area contributed by atoms with Gasteiger partial charge >= 0.3 is 0 Å². The molecule has 2 aliphatic rings. The van der Waals surface area contributed by atoms with Gasteiger partial charge in [-0.15, -0.1) is 0 Å². The molecule has 4 rings (SSSR count). The number of nitrogens with one attached hydrogen (secondary N) is 2. The molecular weight excluding hydrogens is 437 g/mol. The van der Waals surface area contributed by atoms with Crippen molar-refractivity contribution in [1.82, 2.24) is 20.2 Å². The molecular formula is C25H30FN5O3. The van der Waals surface area contributed by atoms with Crippen LogP contribution in [0.4, 0.5) is 10.3 Å². The average molecular weight is 468 g/mol. The van der Waals surface area contributed by atoms with Gasteiger partial charge in [-0.25, -0.2) is 14.4 Å². The first-order valence-corrected chi connectivity index (χ1v) is 11.4. The highest BCUT2D eigenvalue weighted by Crippen LogP contribution is 2.24. The van der Waals surface area contributed by atoms with Gasteiger partial charge in [-0.2, -0.15) is 0 Å². The summed E-state index contributed by atoms with van der Waals surface area (Å²) in [5, 5.41) is 5.89. The van der Waals surface area contributed by atoms with Crippen LogP contribution in [0, 0.1) is 5.82 Å². The van der Waals surface area contributed by atoms with Crippen LogP contribution < -0.4 is 15.4 Å². The van der Waals surface area contributed by atoms with Crippen molar-refractivity contribution >= 4 is 11.9 Å². The number of nitrogens with zero attached hydrogens (tertiary/aromatic N) is 3. The first-order chi connectivity index (χ1) is 16.6. The highest BCUT2D eigenvalue weighted by Gasteiger charge is 2.17. The van der Waals surface area contributed by atoms with Crippen LogP contribution in [0.3, 0.4) is 0 Å². The van der Waals surface area contributed by atoms with Crippen LogP contribution in [0.15, 0.2) is 48.5 Å². The molecule has 1 unspecified atom stereocenters. The van der Waals surface area contributed by atoms with Gasteiger partial charge in [0.1, 0.15) is 0 Å². The third kappa shape index (κ3) is 5.72. The zero-order valence-corrected chi connectivity index (χ0v) is 19.5. The number of methoxy groups -OCH3 is 1. The van der Waals surface area contributed by atoms with E-state index < -0.39 is 5.82 Å². The fourth-order valence-electron chi connectivity index (χ4n) is 4.04. The molecule has 1 fully saturated rings. The Kier molecular flexibility index (Phi) is 7.74. The summed E-state index contributed by atoms with van der Waals surface area (Å²) in [5.74, 6) is -0.140. The van der Waals surface area contributed by atoms with Crippen LogP contribution >= 0.6 is 0 Å². The Morgan fingerprint density at radius 1 is 1.24 bits per heavy atom. The lowest BCUT2D eigenvalue weighted by molar-refractivity contribution is 0.0551. The number of rotatable bonds is 8. The van der Waals surface area contributed by atoms with Crippen LogP contribution in [0.5, 0.6) is 5.75 Å². The number of ether oxygens (including phenoxy) is 2. The van der Waals surface area contributed by atoms with Gasteiger partial charge in [0.2, 0.25) is 5.95 Å². The van der Waals surface area contributed by atoms with Crippen molar-refractivity contribution in [3.8, 4) is 5.75 Å². The van der Waals surface area contributed by atoms with Gasteiger partial charge in [0, 0.05) is 43.8 Å². The molecule has 8 nitrogen and oxygen atoms in total. The Hall–Kier alpha value is -3.46. The summed E-state index contributed by atoms with van der Waals surface area (Å²) in [5.41, 5.74) is 2.89. The molecule has 34 heavy (non-hydrogen) atoms. The highest BCUT2D eigenvalue weighted by molar-refractivity contribution is 5.94. The predicted molar refractivity (Wildman–Crippen MR) is 127 cm³/mol. The first kappa shape index (κ1) is 23.7. The summed E-state index contributed by atoms with van der Waals surface area (Å²) in [6.45, 7) is 3.39. The van der Waals surface area contributed by atoms with Gasteiger partial charge in [0.05, 0.1) is 26.4 Å². The number of carbonyl (C=O) groups is 1. The Morgan fingerprint density at radius 3 is 2.65 bits per heavy atom. The molecule has 0 radical (unpaired) electrons. The van der Waals surface area contributed by atoms with Gasteiger partial charge in [-0.1, -0.05) is 12.2 Å². The van der Waals surface area contributed by atoms with Crippen LogP contribution in [0.25, 0.3) is 0 Å². The second-order valence-electron chi connectivity index (χ2n) is 8.22. The number of benzene rings is 1. The molecule has 180 valence electrons. The molecule has 9 heteroatoms. The number of hydrogen-bond donors (Lipinski definition) is 2. The van der Waals surface area contributed by atoms with Crippen molar-refractivity contribution in [3.63, 3.8) is 0 Å². The molecule has 1 aromatic carbocycles. The van der Waals surface area contributed by atoms with Crippen LogP contribution in [-0.4, -0.2) is 67.3 Å². The maximum absolute atomic E-state index is 14.7. The number of anilines is 1. The number of amides is 1. The minimum Gasteiger partial charge on any atom is -0.494 e. The van der Waals surface area contributed by atoms with E-state index in [2.05, 4.69) is 43.7 Å². The van der Waals surface area contributed by atoms with E-state index >= 15 is 0 Å². The molecule has 1 amide bonds. The second kappa shape index (κ2) is 11.1. The van der Waals surface area contributed by atoms with E-state index in [1.54, 1.807) is 18.5 Å². The third-order valence-corrected chi connectivity index (χ3v) is 5.98. The quantitative estimate of drug-likeness (QED) is 0.617. The van der Waals surface area contributed by atoms with Gasteiger partial charge in [-0.3, -0.25) is 4.79 Å². The number of aryl methyl sites for hydroxylation is 2. The number of halogens is 1. The van der Waals surface area contributed by atoms with E-state index in [1.807, 2.05) is 0 Å². The molecule has 0 saturated carbocycles. The minimum atomic E-state index is -0.456. The molecule has 2 N–H and O–H groups in total. The Morgan fingerprint density at radius 2 is 2.00 bits per heavy atom. The van der Waals surface area contributed by atoms with Gasteiger partial charge < -0.3 is 25.0 Å². The molecule has 1 aliphatic carbocycles. The molecule has 1 aliphatic heterocycles. The lowest BCUT2D eigenvalue weighted by Crippen LogP contribution is -2.36. The van der Waals surface area contributed by atoms with E-state index in [4.69, 9.17) is 9.47 Å². The predicted octanol–water partition coefficient (Wildman–Crippen LogP) is 2.73. The second-order valence-corrected chi connectivity index (χ2v) is 8.22. The van der Waals surface area contributed by atoms with Crippen LogP contribution in [-0.2, 0) is 17.6 Å². The van der Waals surface area contributed by atoms with E-state index in [-0.39, 0.29) is 17.7 Å². The van der Waals surface area contributed by atoms with Crippen molar-refractivity contribution in [3.05, 3.63) is 71.0 Å². The molecule has 2 aromatic rings. The lowest BCUT2D eigenvalue weighted by Gasteiger charge is -2.31. The van der Waals surface area contributed by atoms with E-state index in [0.29, 0.717) is 29.9 Å². The number of aromatic nitrogens is 2. The monoisotopic (exact) mass is 467 g/mol. The average Bonchev–Trinajstić information content (AvgIpc) is 2.89. The highest BCUT2D eigenvalue weighted by atomic mass is 19.1. The number of allylic oxidation sites excluding steroid dienone is 1. The van der Waals surface area contributed by atoms with Gasteiger partial charge in [0.15, 0.2) is 11.6 Å². The standard InChI is InChI=1S/C25H30FN5O3/c1-27-24(32)19-13-18(23(26)22(14-19)33-2)4-3-17-15-28-25(29-16-17)30-20-5-7-21(8-6-20)31-9-11-34-12-10-31/h5,7-8,13-16,20H,3-4,6,9-12H2,1-2H3,(H,27,32)(H,28,29,30). The summed E-state index contributed by atoms with van der Waals surface area (Å²) in [6.07, 6.45) is 11.8. The van der Waals surface area contributed by atoms with Crippen molar-refractivity contribution in [2.24, 2.45) is 0 Å². The van der Waals surface area contributed by atoms with Crippen molar-refractivity contribution in [1.29, 1.82) is 0 Å². The molecule has 1 saturated heterocycles. The molecule has 1 aromatic heterocycles. The Bertz CT molecular complexity index is 1060. The van der Waals surface area contributed by atoms with Crippen LogP contribution in [0.1, 0.15) is 27.9 Å². The maximum Gasteiger partial charge on any atom is 0.251 e. The van der Waals surface area contributed by atoms with Crippen LogP contribution in [0.2, 0.25) is 0 Å². The summed E-state index contributed by atoms with van der Waals surface area (Å²) in [4.78, 5) is 23.2.